The number of aryl methyl sites for hydroxylation is 1. The van der Waals surface area contributed by atoms with Crippen LogP contribution < -0.4 is 31.5 Å². The summed E-state index contributed by atoms with van der Waals surface area (Å²) in [7, 11) is 0. The monoisotopic (exact) mass is 736 g/mol. The lowest BCUT2D eigenvalue weighted by Gasteiger charge is -2.27. The van der Waals surface area contributed by atoms with Gasteiger partial charge in [-0.15, -0.1) is 0 Å². The van der Waals surface area contributed by atoms with Gasteiger partial charge in [0.25, 0.3) is 0 Å². The van der Waals surface area contributed by atoms with E-state index in [-0.39, 0.29) is 11.9 Å². The summed E-state index contributed by atoms with van der Waals surface area (Å²) in [4.78, 5) is 14.2. The first-order valence-corrected chi connectivity index (χ1v) is 20.2. The number of carbonyl (C=O) groups excluding carboxylic acids is 1. The number of hydrogen-bond donors (Lipinski definition) is 3. The molecule has 0 saturated carbocycles. The summed E-state index contributed by atoms with van der Waals surface area (Å²) in [6, 6.07) is 6.70. The van der Waals surface area contributed by atoms with Gasteiger partial charge in [0, 0.05) is 90.6 Å². The number of nitrogens with zero attached hydrogens (tertiary/aromatic N) is 2. The predicted molar refractivity (Wildman–Crippen MR) is 226 cm³/mol. The van der Waals surface area contributed by atoms with Crippen LogP contribution in [0.1, 0.15) is 106 Å². The Morgan fingerprint density at radius 3 is 2.37 bits per heavy atom. The van der Waals surface area contributed by atoms with Gasteiger partial charge in [0.05, 0.1) is 12.6 Å². The molecule has 2 saturated heterocycles. The lowest BCUT2D eigenvalue weighted by atomic mass is 9.98. The van der Waals surface area contributed by atoms with Crippen LogP contribution in [-0.2, 0) is 20.7 Å². The Morgan fingerprint density at radius 1 is 0.944 bits per heavy atom. The van der Waals surface area contributed by atoms with Crippen LogP contribution in [0.5, 0.6) is 0 Å². The molecule has 3 aliphatic rings. The first kappa shape index (κ1) is 40.9. The summed E-state index contributed by atoms with van der Waals surface area (Å²) in [6.07, 6.45) is 15.3. The Kier molecular flexibility index (Phi) is 15.1. The predicted octanol–water partition coefficient (Wildman–Crippen LogP) is 7.40. The van der Waals surface area contributed by atoms with Crippen molar-refractivity contribution in [1.82, 2.24) is 20.5 Å². The van der Waals surface area contributed by atoms with E-state index in [2.05, 4.69) is 109 Å². The Bertz CT molecular complexity index is 1830. The molecule has 0 bridgehead atoms. The van der Waals surface area contributed by atoms with E-state index in [1.54, 1.807) is 0 Å². The van der Waals surface area contributed by atoms with E-state index < -0.39 is 0 Å². The number of amides is 1. The number of fused-ring (bicyclic) bond motifs is 1. The van der Waals surface area contributed by atoms with Crippen LogP contribution in [0.15, 0.2) is 66.7 Å². The Hall–Kier alpha value is -4.27. The van der Waals surface area contributed by atoms with Crippen LogP contribution >= 0.6 is 0 Å². The molecule has 2 fully saturated rings. The van der Waals surface area contributed by atoms with Gasteiger partial charge in [0.1, 0.15) is 0 Å². The second kappa shape index (κ2) is 19.9. The first-order chi connectivity index (χ1) is 26.1. The molecule has 5 rings (SSSR count). The molecule has 1 aromatic carbocycles. The van der Waals surface area contributed by atoms with Gasteiger partial charge in [-0.3, -0.25) is 4.79 Å². The number of aromatic nitrogens is 1. The number of nitrogens with one attached hydrogen (secondary N) is 3. The van der Waals surface area contributed by atoms with Crippen molar-refractivity contribution < 1.29 is 14.3 Å². The molecule has 292 valence electrons. The average Bonchev–Trinajstić information content (AvgIpc) is 3.62. The molecule has 0 radical (unpaired) electrons. The minimum absolute atomic E-state index is 0.00859. The van der Waals surface area contributed by atoms with Crippen molar-refractivity contribution in [1.29, 1.82) is 0 Å². The number of unbranched alkanes of at least 4 members (excludes halogenated alkanes) is 4. The number of allylic oxidation sites excluding steroid dienone is 4. The molecule has 1 aromatic heterocycles. The molecule has 1 aliphatic carbocycles. The molecule has 2 aromatic rings. The lowest BCUT2D eigenvalue weighted by molar-refractivity contribution is -0.121. The first-order valence-electron chi connectivity index (χ1n) is 20.2. The van der Waals surface area contributed by atoms with E-state index in [4.69, 9.17) is 9.47 Å². The zero-order chi connectivity index (χ0) is 38.6. The van der Waals surface area contributed by atoms with Crippen LogP contribution in [-0.4, -0.2) is 56.5 Å². The third-order valence-electron chi connectivity index (χ3n) is 11.3. The number of piperidine rings is 1. The highest BCUT2D eigenvalue weighted by molar-refractivity contribution is 5.79. The van der Waals surface area contributed by atoms with Crippen molar-refractivity contribution in [3.05, 3.63) is 99.6 Å². The molecule has 2 aliphatic heterocycles. The summed E-state index contributed by atoms with van der Waals surface area (Å²) in [5.41, 5.74) is 11.3. The van der Waals surface area contributed by atoms with Gasteiger partial charge in [-0.2, -0.15) is 0 Å². The fourth-order valence-electron chi connectivity index (χ4n) is 7.78. The fraction of sp³-hybridized carbons (Fsp3) is 0.500. The molecular weight excluding hydrogens is 671 g/mol. The smallest absolute Gasteiger partial charge is 0.224 e. The topological polar surface area (TPSA) is 79.8 Å². The molecular formula is C46H65N5O3. The van der Waals surface area contributed by atoms with Crippen LogP contribution in [0.3, 0.4) is 0 Å². The zero-order valence-electron chi connectivity index (χ0n) is 33.4. The number of ether oxygens (including phenoxy) is 2. The van der Waals surface area contributed by atoms with E-state index in [0.29, 0.717) is 18.9 Å². The summed E-state index contributed by atoms with van der Waals surface area (Å²) >= 11 is 0. The number of benzene rings is 1. The lowest BCUT2D eigenvalue weighted by Crippen LogP contribution is -2.40. The highest BCUT2D eigenvalue weighted by Crippen LogP contribution is 2.33. The molecule has 8 nitrogen and oxygen atoms in total. The third kappa shape index (κ3) is 10.5. The Balaban J connectivity index is 0.873. The fourth-order valence-corrected chi connectivity index (χ4v) is 7.78. The second-order valence-corrected chi connectivity index (χ2v) is 15.3. The van der Waals surface area contributed by atoms with Gasteiger partial charge in [-0.1, -0.05) is 52.0 Å². The van der Waals surface area contributed by atoms with Crippen molar-refractivity contribution in [3.63, 3.8) is 0 Å². The van der Waals surface area contributed by atoms with E-state index >= 15 is 0 Å². The normalized spacial score (nSPS) is 18.8. The molecule has 54 heavy (non-hydrogen) atoms. The van der Waals surface area contributed by atoms with Gasteiger partial charge in [0.15, 0.2) is 0 Å². The number of rotatable bonds is 21. The number of anilines is 1. The highest BCUT2D eigenvalue weighted by Gasteiger charge is 2.28. The molecule has 1 amide bonds. The van der Waals surface area contributed by atoms with E-state index in [9.17, 15) is 4.79 Å². The quantitative estimate of drug-likeness (QED) is 0.0917. The van der Waals surface area contributed by atoms with Crippen molar-refractivity contribution >= 4 is 36.5 Å². The minimum atomic E-state index is -0.00859. The minimum Gasteiger partial charge on any atom is -0.385 e. The standard InChI is InChI=1S/C46H65N5O3/c1-32-22-25-50(37(32)6)41-19-18-33(2)40(31-41)30-34(3)35(4)47-23-11-9-12-26-53-27-13-10-14-28-54-29-24-48-43-17-15-16-42-38(7)51(39(8)46(42)43)44-20-21-45(52)49-36(44)5/h17-19,30-32,44,47-48H,4-16,20-29H2,1-3H3,(H,49,52)/b34-30+. The van der Waals surface area contributed by atoms with Crippen molar-refractivity contribution in [2.75, 3.05) is 51.0 Å². The summed E-state index contributed by atoms with van der Waals surface area (Å²) in [6.45, 7) is 33.9. The number of hydrogen-bond acceptors (Lipinski definition) is 6. The van der Waals surface area contributed by atoms with Gasteiger partial charge < -0.3 is 34.9 Å². The van der Waals surface area contributed by atoms with Gasteiger partial charge in [-0.05, 0) is 124 Å². The van der Waals surface area contributed by atoms with Gasteiger partial charge in [0.2, 0.25) is 5.91 Å². The van der Waals surface area contributed by atoms with Crippen LogP contribution in [0.4, 0.5) is 5.69 Å². The molecule has 3 heterocycles. The highest BCUT2D eigenvalue weighted by atomic mass is 16.5. The summed E-state index contributed by atoms with van der Waals surface area (Å²) in [5, 5.41) is 11.9. The Morgan fingerprint density at radius 2 is 1.67 bits per heavy atom. The largest absolute Gasteiger partial charge is 0.385 e. The second-order valence-electron chi connectivity index (χ2n) is 15.3. The Labute approximate surface area is 324 Å². The number of carbonyl (C=O) groups is 1. The maximum Gasteiger partial charge on any atom is 0.224 e. The molecule has 3 N–H and O–H groups in total. The third-order valence-corrected chi connectivity index (χ3v) is 11.3. The maximum atomic E-state index is 11.8. The van der Waals surface area contributed by atoms with Crippen molar-refractivity contribution in [3.8, 4) is 0 Å². The molecule has 0 spiro atoms. The van der Waals surface area contributed by atoms with Crippen LogP contribution in [0, 0.1) is 12.8 Å². The average molecular weight is 736 g/mol. The van der Waals surface area contributed by atoms with E-state index in [1.807, 2.05) is 0 Å². The maximum absolute atomic E-state index is 11.8. The van der Waals surface area contributed by atoms with Gasteiger partial charge in [-0.25, -0.2) is 0 Å². The molecule has 2 unspecified atom stereocenters. The molecule has 8 heteroatoms. The van der Waals surface area contributed by atoms with E-state index in [1.165, 1.54) is 40.1 Å². The SMILES string of the molecule is C=C(NCCCCCOCCCCCOCCNC1=CCCc2c1c(=C)n(C1CCC(=O)NC1=C)c2=C)/C(C)=C/c1cc(N2CCC(C)C2=C)ccc1C. The summed E-state index contributed by atoms with van der Waals surface area (Å²) in [5.74, 6) is 0.574. The zero-order valence-corrected chi connectivity index (χ0v) is 33.4. The summed E-state index contributed by atoms with van der Waals surface area (Å²) < 4.78 is 14.0. The van der Waals surface area contributed by atoms with Crippen LogP contribution in [0.2, 0.25) is 0 Å². The van der Waals surface area contributed by atoms with Crippen LogP contribution in [0.25, 0.3) is 24.9 Å². The van der Waals surface area contributed by atoms with Crippen molar-refractivity contribution in [2.45, 2.75) is 97.4 Å². The molecule has 2 atom stereocenters. The van der Waals surface area contributed by atoms with Gasteiger partial charge >= 0.3 is 0 Å². The van der Waals surface area contributed by atoms with E-state index in [0.717, 1.165) is 131 Å². The van der Waals surface area contributed by atoms with Crippen molar-refractivity contribution in [2.24, 2.45) is 5.92 Å².